The van der Waals surface area contributed by atoms with Crippen LogP contribution in [-0.2, 0) is 6.42 Å². The van der Waals surface area contributed by atoms with Crippen molar-refractivity contribution in [3.05, 3.63) is 94.3 Å². The zero-order valence-corrected chi connectivity index (χ0v) is 17.2. The molecule has 0 unspecified atom stereocenters. The summed E-state index contributed by atoms with van der Waals surface area (Å²) in [5.41, 5.74) is 2.49. The van der Waals surface area contributed by atoms with E-state index in [1.807, 2.05) is 24.3 Å². The van der Waals surface area contributed by atoms with Crippen molar-refractivity contribution in [3.63, 3.8) is 0 Å². The summed E-state index contributed by atoms with van der Waals surface area (Å²) in [6, 6.07) is 13.0. The van der Waals surface area contributed by atoms with Gasteiger partial charge in [-0.25, -0.2) is 13.2 Å². The molecule has 0 amide bonds. The third-order valence-corrected chi connectivity index (χ3v) is 4.86. The Bertz CT molecular complexity index is 1070. The molecule has 0 saturated carbocycles. The first-order valence-corrected chi connectivity index (χ1v) is 9.86. The first kappa shape index (κ1) is 22.8. The van der Waals surface area contributed by atoms with Crippen LogP contribution in [-0.4, -0.2) is 6.11 Å². The predicted molar refractivity (Wildman–Crippen MR) is 112 cm³/mol. The van der Waals surface area contributed by atoms with Gasteiger partial charge in [-0.1, -0.05) is 61.3 Å². The van der Waals surface area contributed by atoms with Gasteiger partial charge in [0, 0.05) is 23.8 Å². The molecule has 3 aromatic rings. The first-order chi connectivity index (χ1) is 14.7. The Morgan fingerprint density at radius 1 is 0.871 bits per heavy atom. The SMILES string of the molecule is CCCc1ccc(-c2ccc(C=CC(F)(F)Oc3cc(F)c(Cl)c(F)c3)c(F)c2)cc1. The Hall–Kier alpha value is -2.86. The summed E-state index contributed by atoms with van der Waals surface area (Å²) in [4.78, 5) is 0. The second kappa shape index (κ2) is 9.52. The Kier molecular flexibility index (Phi) is 7.01. The Labute approximate surface area is 181 Å². The highest BCUT2D eigenvalue weighted by molar-refractivity contribution is 6.30. The molecule has 0 aliphatic heterocycles. The van der Waals surface area contributed by atoms with Gasteiger partial charge in [0.25, 0.3) is 0 Å². The van der Waals surface area contributed by atoms with E-state index in [2.05, 4.69) is 11.7 Å². The van der Waals surface area contributed by atoms with E-state index in [0.29, 0.717) is 23.8 Å². The lowest BCUT2D eigenvalue weighted by Gasteiger charge is -2.15. The standard InChI is InChI=1S/C24H18ClF5O/c1-2-3-15-4-6-16(7-5-15)18-9-8-17(20(26)12-18)10-11-24(29,30)31-19-13-21(27)23(25)22(28)14-19/h4-14H,2-3H2,1H3. The lowest BCUT2D eigenvalue weighted by molar-refractivity contribution is -0.131. The Morgan fingerprint density at radius 3 is 2.06 bits per heavy atom. The molecular formula is C24H18ClF5O. The molecule has 162 valence electrons. The van der Waals surface area contributed by atoms with E-state index in [0.717, 1.165) is 24.5 Å². The van der Waals surface area contributed by atoms with Crippen LogP contribution in [0.25, 0.3) is 17.2 Å². The zero-order chi connectivity index (χ0) is 22.6. The summed E-state index contributed by atoms with van der Waals surface area (Å²) in [5, 5.41) is -0.826. The highest BCUT2D eigenvalue weighted by Gasteiger charge is 2.28. The maximum Gasteiger partial charge on any atom is 0.419 e. The fourth-order valence-electron chi connectivity index (χ4n) is 2.96. The predicted octanol–water partition coefficient (Wildman–Crippen LogP) is 8.06. The van der Waals surface area contributed by atoms with E-state index >= 15 is 0 Å². The molecule has 0 aromatic heterocycles. The maximum atomic E-state index is 14.4. The second-order valence-electron chi connectivity index (χ2n) is 6.88. The van der Waals surface area contributed by atoms with Crippen LogP contribution in [0.5, 0.6) is 5.75 Å². The lowest BCUT2D eigenvalue weighted by Crippen LogP contribution is -2.21. The molecule has 0 fully saturated rings. The van der Waals surface area contributed by atoms with Gasteiger partial charge in [-0.05, 0) is 35.3 Å². The van der Waals surface area contributed by atoms with Crippen molar-refractivity contribution in [1.82, 2.24) is 0 Å². The van der Waals surface area contributed by atoms with Crippen molar-refractivity contribution in [3.8, 4) is 16.9 Å². The van der Waals surface area contributed by atoms with Gasteiger partial charge in [0.1, 0.15) is 28.2 Å². The van der Waals surface area contributed by atoms with E-state index in [-0.39, 0.29) is 5.56 Å². The minimum absolute atomic E-state index is 0.0944. The van der Waals surface area contributed by atoms with Gasteiger partial charge >= 0.3 is 6.11 Å². The summed E-state index contributed by atoms with van der Waals surface area (Å²) >= 11 is 5.31. The average Bonchev–Trinajstić information content (AvgIpc) is 2.71. The number of halogens is 6. The zero-order valence-electron chi connectivity index (χ0n) is 16.4. The van der Waals surface area contributed by atoms with Gasteiger partial charge in [-0.2, -0.15) is 8.78 Å². The molecule has 0 radical (unpaired) electrons. The van der Waals surface area contributed by atoms with Crippen molar-refractivity contribution in [2.24, 2.45) is 0 Å². The van der Waals surface area contributed by atoms with Crippen molar-refractivity contribution in [2.75, 3.05) is 0 Å². The van der Waals surface area contributed by atoms with Crippen LogP contribution in [0.2, 0.25) is 5.02 Å². The third kappa shape index (κ3) is 5.85. The molecule has 0 bridgehead atoms. The van der Waals surface area contributed by atoms with Crippen LogP contribution in [0.1, 0.15) is 24.5 Å². The van der Waals surface area contributed by atoms with Gasteiger partial charge in [-0.3, -0.25) is 0 Å². The van der Waals surface area contributed by atoms with Crippen LogP contribution in [0.4, 0.5) is 22.0 Å². The molecule has 31 heavy (non-hydrogen) atoms. The number of aryl methyl sites for hydroxylation is 1. The molecule has 0 atom stereocenters. The molecule has 7 heteroatoms. The summed E-state index contributed by atoms with van der Waals surface area (Å²) in [5.74, 6) is -3.93. The molecule has 3 aromatic carbocycles. The summed E-state index contributed by atoms with van der Waals surface area (Å²) in [6.45, 7) is 2.08. The monoisotopic (exact) mass is 452 g/mol. The highest BCUT2D eigenvalue weighted by atomic mass is 35.5. The van der Waals surface area contributed by atoms with E-state index in [1.54, 1.807) is 6.07 Å². The smallest absolute Gasteiger partial charge is 0.419 e. The van der Waals surface area contributed by atoms with Crippen LogP contribution < -0.4 is 4.74 Å². The van der Waals surface area contributed by atoms with Crippen molar-refractivity contribution in [2.45, 2.75) is 25.9 Å². The van der Waals surface area contributed by atoms with Gasteiger partial charge < -0.3 is 4.74 Å². The minimum Gasteiger partial charge on any atom is -0.429 e. The van der Waals surface area contributed by atoms with Gasteiger partial charge in [0.05, 0.1) is 0 Å². The first-order valence-electron chi connectivity index (χ1n) is 9.48. The van der Waals surface area contributed by atoms with E-state index < -0.39 is 34.3 Å². The lowest BCUT2D eigenvalue weighted by atomic mass is 10.0. The normalized spacial score (nSPS) is 11.8. The summed E-state index contributed by atoms with van der Waals surface area (Å²) < 4.78 is 73.6. The molecule has 0 heterocycles. The maximum absolute atomic E-state index is 14.4. The molecule has 0 N–H and O–H groups in total. The molecule has 0 saturated heterocycles. The fourth-order valence-corrected chi connectivity index (χ4v) is 3.07. The van der Waals surface area contributed by atoms with Crippen LogP contribution in [0.15, 0.2) is 60.7 Å². The van der Waals surface area contributed by atoms with E-state index in [1.165, 1.54) is 17.7 Å². The molecule has 0 spiro atoms. The number of rotatable bonds is 7. The molecule has 0 aliphatic carbocycles. The van der Waals surface area contributed by atoms with Gasteiger partial charge in [0.15, 0.2) is 0 Å². The number of benzene rings is 3. The third-order valence-electron chi connectivity index (χ3n) is 4.49. The molecule has 0 aliphatic rings. The minimum atomic E-state index is -3.94. The van der Waals surface area contributed by atoms with Crippen molar-refractivity contribution in [1.29, 1.82) is 0 Å². The molecule has 3 rings (SSSR count). The second-order valence-corrected chi connectivity index (χ2v) is 7.26. The van der Waals surface area contributed by atoms with Gasteiger partial charge in [0.2, 0.25) is 0 Å². The molecule has 1 nitrogen and oxygen atoms in total. The van der Waals surface area contributed by atoms with Gasteiger partial charge in [-0.15, -0.1) is 0 Å². The van der Waals surface area contributed by atoms with Crippen LogP contribution >= 0.6 is 11.6 Å². The Balaban J connectivity index is 1.75. The Morgan fingerprint density at radius 2 is 1.48 bits per heavy atom. The molecular weight excluding hydrogens is 435 g/mol. The topological polar surface area (TPSA) is 9.23 Å². The summed E-state index contributed by atoms with van der Waals surface area (Å²) in [7, 11) is 0. The average molecular weight is 453 g/mol. The number of hydrogen-bond donors (Lipinski definition) is 0. The number of alkyl halides is 2. The largest absolute Gasteiger partial charge is 0.429 e. The highest BCUT2D eigenvalue weighted by Crippen LogP contribution is 2.30. The summed E-state index contributed by atoms with van der Waals surface area (Å²) in [6.07, 6.45) is -0.830. The quantitative estimate of drug-likeness (QED) is 0.260. The van der Waals surface area contributed by atoms with E-state index in [4.69, 9.17) is 11.6 Å². The number of hydrogen-bond acceptors (Lipinski definition) is 1. The fraction of sp³-hybridized carbons (Fsp3) is 0.167. The number of ether oxygens (including phenoxy) is 1. The van der Waals surface area contributed by atoms with Crippen LogP contribution in [0, 0.1) is 17.5 Å². The van der Waals surface area contributed by atoms with Crippen LogP contribution in [0.3, 0.4) is 0 Å². The van der Waals surface area contributed by atoms with Crippen molar-refractivity contribution < 1.29 is 26.7 Å². The van der Waals surface area contributed by atoms with E-state index in [9.17, 15) is 22.0 Å². The van der Waals surface area contributed by atoms with Crippen molar-refractivity contribution >= 4 is 17.7 Å².